The van der Waals surface area contributed by atoms with Crippen LogP contribution in [0.1, 0.15) is 104 Å². The van der Waals surface area contributed by atoms with Crippen LogP contribution in [0, 0.1) is 0 Å². The van der Waals surface area contributed by atoms with E-state index < -0.39 is 38.2 Å². The van der Waals surface area contributed by atoms with Crippen LogP contribution in [0.25, 0.3) is 6.08 Å². The monoisotopic (exact) mass is 775 g/mol. The Hall–Kier alpha value is -3.62. The fraction of sp³-hybridized carbons (Fsp3) is 0.568. The molecule has 0 bridgehead atoms. The van der Waals surface area contributed by atoms with Crippen LogP contribution in [-0.4, -0.2) is 87.2 Å². The first kappa shape index (κ1) is 42.1. The zero-order chi connectivity index (χ0) is 39.5. The molecule has 1 unspecified atom stereocenters. The van der Waals surface area contributed by atoms with Crippen LogP contribution in [0.2, 0.25) is 0 Å². The molecule has 1 aliphatic rings. The van der Waals surface area contributed by atoms with Crippen molar-refractivity contribution in [3.05, 3.63) is 74.6 Å². The summed E-state index contributed by atoms with van der Waals surface area (Å²) in [5.74, 6) is -0.0495. The van der Waals surface area contributed by atoms with Gasteiger partial charge in [0, 0.05) is 69.5 Å². The largest absolute Gasteiger partial charge is 0.425 e. The number of aliphatic imine (C=N–C) groups is 1. The maximum Gasteiger partial charge on any atom is 0.330 e. The van der Waals surface area contributed by atoms with Crippen LogP contribution in [0.4, 0.5) is 0 Å². The van der Waals surface area contributed by atoms with Gasteiger partial charge in [-0.15, -0.1) is 0 Å². The van der Waals surface area contributed by atoms with Gasteiger partial charge in [-0.1, -0.05) is 54.9 Å². The molecule has 0 radical (unpaired) electrons. The number of aromatic nitrogens is 2. The minimum Gasteiger partial charge on any atom is -0.425 e. The molecule has 0 aliphatic carbocycles. The molecule has 53 heavy (non-hydrogen) atoms. The number of carbonyl (C=O) groups is 3. The van der Waals surface area contributed by atoms with Crippen molar-refractivity contribution < 1.29 is 29.5 Å². The van der Waals surface area contributed by atoms with Gasteiger partial charge in [-0.3, -0.25) is 33.7 Å². The lowest BCUT2D eigenvalue weighted by Gasteiger charge is -2.36. The van der Waals surface area contributed by atoms with Crippen molar-refractivity contribution in [3.63, 3.8) is 0 Å². The average molecular weight is 776 g/mol. The second-order valence-electron chi connectivity index (χ2n) is 12.9. The zero-order valence-corrected chi connectivity index (χ0v) is 33.0. The molecule has 3 rings (SSSR count). The highest BCUT2D eigenvalue weighted by Crippen LogP contribution is 2.49. The van der Waals surface area contributed by atoms with E-state index in [1.165, 1.54) is 29.3 Å². The van der Waals surface area contributed by atoms with Crippen molar-refractivity contribution in [3.8, 4) is 0 Å². The van der Waals surface area contributed by atoms with E-state index in [1.54, 1.807) is 12.1 Å². The SMILES string of the molecule is [2H]C[C@H]1O[C@@H](n2cc(/C=C/C(=O)NCCCCCCNC(=O)CCSC(=O)c3ccccc3)c(=O)[nH]c2=O)C[C@H]1OP(OC=NCC)N(C(C)C)C(C)C. The average Bonchev–Trinajstić information content (AvgIpc) is 3.54. The molecular weight excluding hydrogens is 719 g/mol. The lowest BCUT2D eigenvalue weighted by molar-refractivity contribution is -0.120. The molecule has 16 heteroatoms. The van der Waals surface area contributed by atoms with E-state index in [9.17, 15) is 24.0 Å². The predicted molar refractivity (Wildman–Crippen MR) is 211 cm³/mol. The fourth-order valence-corrected chi connectivity index (χ4v) is 7.84. The van der Waals surface area contributed by atoms with Crippen LogP contribution in [0.3, 0.4) is 0 Å². The van der Waals surface area contributed by atoms with Crippen LogP contribution in [-0.2, 0) is 23.4 Å². The first-order valence-electron chi connectivity index (χ1n) is 18.8. The molecule has 0 spiro atoms. The molecule has 1 aliphatic heterocycles. The third-order valence-corrected chi connectivity index (χ3v) is 11.0. The molecule has 2 heterocycles. The Labute approximate surface area is 318 Å². The van der Waals surface area contributed by atoms with E-state index in [0.717, 1.165) is 37.4 Å². The lowest BCUT2D eigenvalue weighted by Crippen LogP contribution is -2.35. The van der Waals surface area contributed by atoms with E-state index in [2.05, 4.69) is 25.3 Å². The predicted octanol–water partition coefficient (Wildman–Crippen LogP) is 5.41. The number of nitrogens with zero attached hydrogens (tertiary/aromatic N) is 3. The molecule has 2 aromatic rings. The van der Waals surface area contributed by atoms with E-state index >= 15 is 0 Å². The van der Waals surface area contributed by atoms with E-state index in [0.29, 0.717) is 31.0 Å². The number of unbranched alkanes of at least 4 members (excludes halogenated alkanes) is 3. The Bertz CT molecular complexity index is 1650. The third kappa shape index (κ3) is 15.0. The quantitative estimate of drug-likeness (QED) is 0.0462. The normalized spacial score (nSPS) is 18.3. The summed E-state index contributed by atoms with van der Waals surface area (Å²) in [6.07, 6.45) is 7.06. The summed E-state index contributed by atoms with van der Waals surface area (Å²) in [4.78, 5) is 68.6. The summed E-state index contributed by atoms with van der Waals surface area (Å²) < 4.78 is 29.9. The summed E-state index contributed by atoms with van der Waals surface area (Å²) in [5.41, 5.74) is -0.606. The van der Waals surface area contributed by atoms with Gasteiger partial charge >= 0.3 is 14.2 Å². The molecule has 1 saturated heterocycles. The van der Waals surface area contributed by atoms with Gasteiger partial charge in [-0.25, -0.2) is 9.46 Å². The molecule has 0 saturated carbocycles. The second kappa shape index (κ2) is 23.2. The molecular formula is C37H55N6O8PS. The molecule has 1 fully saturated rings. The highest BCUT2D eigenvalue weighted by molar-refractivity contribution is 8.14. The number of benzene rings is 1. The van der Waals surface area contributed by atoms with Crippen molar-refractivity contribution in [1.29, 1.82) is 0 Å². The Morgan fingerprint density at radius 2 is 1.81 bits per heavy atom. The summed E-state index contributed by atoms with van der Waals surface area (Å²) in [7, 11) is -1.61. The molecule has 4 atom stereocenters. The topological polar surface area (TPSA) is 173 Å². The van der Waals surface area contributed by atoms with Gasteiger partial charge in [0.2, 0.25) is 16.9 Å². The molecule has 292 valence electrons. The van der Waals surface area contributed by atoms with Crippen molar-refractivity contribution in [2.24, 2.45) is 4.99 Å². The Morgan fingerprint density at radius 1 is 1.11 bits per heavy atom. The first-order valence-corrected chi connectivity index (χ1v) is 20.2. The number of carbonyl (C=O) groups excluding carboxylic acids is 3. The molecule has 14 nitrogen and oxygen atoms in total. The maximum atomic E-state index is 12.9. The van der Waals surface area contributed by atoms with Gasteiger partial charge < -0.3 is 24.4 Å². The molecule has 1 aromatic carbocycles. The first-order chi connectivity index (χ1) is 25.9. The summed E-state index contributed by atoms with van der Waals surface area (Å²) in [6, 6.07) is 9.17. The van der Waals surface area contributed by atoms with Crippen molar-refractivity contribution in [1.82, 2.24) is 24.9 Å². The Kier molecular flexibility index (Phi) is 18.5. The minimum atomic E-state index is -1.61. The van der Waals surface area contributed by atoms with E-state index in [1.807, 2.05) is 52.8 Å². The highest BCUT2D eigenvalue weighted by atomic mass is 32.2. The van der Waals surface area contributed by atoms with Gasteiger partial charge in [0.15, 0.2) is 6.40 Å². The number of H-pyrrole nitrogens is 1. The Morgan fingerprint density at radius 3 is 2.47 bits per heavy atom. The minimum absolute atomic E-state index is 0.0463. The molecule has 2 amide bonds. The van der Waals surface area contributed by atoms with Crippen molar-refractivity contribution >= 4 is 49.7 Å². The van der Waals surface area contributed by atoms with Crippen LogP contribution >= 0.6 is 20.3 Å². The van der Waals surface area contributed by atoms with Gasteiger partial charge in [0.05, 0.1) is 17.8 Å². The van der Waals surface area contributed by atoms with E-state index in [-0.39, 0.29) is 54.3 Å². The van der Waals surface area contributed by atoms with Crippen molar-refractivity contribution in [2.45, 2.75) is 111 Å². The Balaban J connectivity index is 1.43. The fourth-order valence-electron chi connectivity index (χ4n) is 5.44. The molecule has 3 N–H and O–H groups in total. The molecule has 1 aromatic heterocycles. The second-order valence-corrected chi connectivity index (χ2v) is 15.3. The number of amides is 2. The number of hydrogen-bond donors (Lipinski definition) is 3. The van der Waals surface area contributed by atoms with Crippen molar-refractivity contribution in [2.75, 3.05) is 25.4 Å². The number of nitrogens with one attached hydrogen (secondary N) is 3. The number of thioether (sulfide) groups is 1. The van der Waals surface area contributed by atoms with Crippen LogP contribution < -0.4 is 21.9 Å². The maximum absolute atomic E-state index is 12.9. The summed E-state index contributed by atoms with van der Waals surface area (Å²) in [5, 5.41) is 5.63. The highest BCUT2D eigenvalue weighted by Gasteiger charge is 2.40. The number of aromatic amines is 1. The summed E-state index contributed by atoms with van der Waals surface area (Å²) >= 11 is 1.14. The van der Waals surface area contributed by atoms with Gasteiger partial charge in [-0.2, -0.15) is 0 Å². The van der Waals surface area contributed by atoms with Gasteiger partial charge in [0.1, 0.15) is 6.23 Å². The number of hydrogen-bond acceptors (Lipinski definition) is 11. The van der Waals surface area contributed by atoms with Crippen LogP contribution in [0.15, 0.2) is 57.2 Å². The number of rotatable bonds is 22. The van der Waals surface area contributed by atoms with E-state index in [4.69, 9.17) is 15.2 Å². The number of ether oxygens (including phenoxy) is 1. The van der Waals surface area contributed by atoms with Gasteiger partial charge in [-0.05, 0) is 60.4 Å². The lowest BCUT2D eigenvalue weighted by atomic mass is 10.2. The van der Waals surface area contributed by atoms with Gasteiger partial charge in [0.25, 0.3) is 5.56 Å². The zero-order valence-electron chi connectivity index (χ0n) is 32.3. The third-order valence-electron chi connectivity index (χ3n) is 8.06. The smallest absolute Gasteiger partial charge is 0.330 e. The van der Waals surface area contributed by atoms with Crippen LogP contribution in [0.5, 0.6) is 0 Å². The standard InChI is InChI=1S/C37H55N6O8PS/c1-7-38-25-49-52(43(26(2)3)27(4)5)51-31-23-34(50-28(31)6)42-24-30(35(46)41-37(42)48)17-18-32(44)39-20-13-8-9-14-21-40-33(45)19-22-53-36(47)29-15-11-10-12-16-29/h10-12,15-18,24-28,31,34H,7-9,13-14,19-23H2,1-6H3,(H,39,44)(H,40,45)(H,41,46,48)/b18-17+,38-25?/t28-,31-,34-,52?/m1/s1/i6D. The summed E-state index contributed by atoms with van der Waals surface area (Å²) in [6.45, 7) is 11.5.